The van der Waals surface area contributed by atoms with Crippen LogP contribution < -0.4 is 15.8 Å². The van der Waals surface area contributed by atoms with Gasteiger partial charge in [0.25, 0.3) is 0 Å². The highest BCUT2D eigenvalue weighted by Gasteiger charge is 2.25. The Bertz CT molecular complexity index is 570. The van der Waals surface area contributed by atoms with E-state index in [0.29, 0.717) is 6.61 Å². The molecule has 1 aromatic rings. The average molecular weight is 361 g/mol. The number of nitrogens with one attached hydrogen (secondary N) is 1. The van der Waals surface area contributed by atoms with Crippen molar-refractivity contribution in [3.63, 3.8) is 0 Å². The lowest BCUT2D eigenvalue weighted by Gasteiger charge is -2.32. The first-order valence-corrected chi connectivity index (χ1v) is 9.80. The number of anilines is 1. The summed E-state index contributed by atoms with van der Waals surface area (Å²) in [5, 5.41) is 3.01. The number of nitrogens with two attached hydrogens (primary N) is 1. The van der Waals surface area contributed by atoms with Crippen LogP contribution in [0, 0.1) is 5.92 Å². The van der Waals surface area contributed by atoms with Crippen molar-refractivity contribution in [2.24, 2.45) is 11.7 Å². The van der Waals surface area contributed by atoms with Gasteiger partial charge in [-0.3, -0.25) is 9.69 Å². The molecule has 1 aliphatic carbocycles. The van der Waals surface area contributed by atoms with Gasteiger partial charge in [0.05, 0.1) is 0 Å². The van der Waals surface area contributed by atoms with Crippen LogP contribution in [0.15, 0.2) is 24.3 Å². The molecule has 0 bridgehead atoms. The van der Waals surface area contributed by atoms with Gasteiger partial charge in [0, 0.05) is 50.4 Å². The van der Waals surface area contributed by atoms with Crippen LogP contribution in [-0.4, -0.2) is 68.1 Å². The topological polar surface area (TPSA) is 70.8 Å². The van der Waals surface area contributed by atoms with Crippen LogP contribution in [0.5, 0.6) is 5.75 Å². The molecule has 3 N–H and O–H groups in total. The fourth-order valence-corrected chi connectivity index (χ4v) is 3.71. The number of carbonyl (C=O) groups excluding carboxylic acids is 1. The van der Waals surface area contributed by atoms with Gasteiger partial charge in [-0.1, -0.05) is 6.42 Å². The predicted octanol–water partition coefficient (Wildman–Crippen LogP) is 1.77. The lowest BCUT2D eigenvalue weighted by atomic mass is 9.85. The third-order valence-electron chi connectivity index (χ3n) is 5.48. The Labute approximate surface area is 156 Å². The van der Waals surface area contributed by atoms with Crippen LogP contribution in [0.25, 0.3) is 0 Å². The maximum absolute atomic E-state index is 12.4. The molecular formula is C20H32N4O2. The maximum atomic E-state index is 12.4. The van der Waals surface area contributed by atoms with Crippen LogP contribution in [0.3, 0.4) is 0 Å². The van der Waals surface area contributed by atoms with Crippen LogP contribution >= 0.6 is 0 Å². The second kappa shape index (κ2) is 9.35. The van der Waals surface area contributed by atoms with Crippen LogP contribution in [0.1, 0.15) is 25.7 Å². The maximum Gasteiger partial charge on any atom is 0.227 e. The largest absolute Gasteiger partial charge is 0.492 e. The number of rotatable bonds is 6. The van der Waals surface area contributed by atoms with Crippen molar-refractivity contribution in [1.82, 2.24) is 9.80 Å². The Kier molecular flexibility index (Phi) is 6.88. The van der Waals surface area contributed by atoms with Gasteiger partial charge < -0.3 is 20.7 Å². The summed E-state index contributed by atoms with van der Waals surface area (Å²) in [6, 6.07) is 7.83. The van der Waals surface area contributed by atoms with E-state index in [1.54, 1.807) is 0 Å². The van der Waals surface area contributed by atoms with Gasteiger partial charge in [-0.2, -0.15) is 0 Å². The number of carbonyl (C=O) groups is 1. The van der Waals surface area contributed by atoms with Crippen molar-refractivity contribution in [2.45, 2.75) is 31.7 Å². The second-order valence-electron chi connectivity index (χ2n) is 7.63. The lowest BCUT2D eigenvalue weighted by Crippen LogP contribution is -2.45. The molecule has 2 unspecified atom stereocenters. The third kappa shape index (κ3) is 5.69. The molecule has 0 radical (unpaired) electrons. The molecule has 6 heteroatoms. The summed E-state index contributed by atoms with van der Waals surface area (Å²) in [5.41, 5.74) is 6.80. The van der Waals surface area contributed by atoms with E-state index in [-0.39, 0.29) is 17.9 Å². The number of amides is 1. The summed E-state index contributed by atoms with van der Waals surface area (Å²) >= 11 is 0. The van der Waals surface area contributed by atoms with Gasteiger partial charge >= 0.3 is 0 Å². The van der Waals surface area contributed by atoms with E-state index in [1.807, 2.05) is 24.3 Å². The standard InChI is InChI=1S/C20H32N4O2/c1-23-9-11-24(12-10-23)13-14-26-19-7-5-18(6-8-19)22-20(25)16-3-2-4-17(21)15-16/h5-8,16-17H,2-4,9-15,21H2,1H3,(H,22,25). The Balaban J connectivity index is 1.39. The molecule has 1 amide bonds. The van der Waals surface area contributed by atoms with Crippen molar-refractivity contribution >= 4 is 11.6 Å². The molecule has 1 saturated heterocycles. The minimum absolute atomic E-state index is 0.0401. The quantitative estimate of drug-likeness (QED) is 0.809. The van der Waals surface area contributed by atoms with Gasteiger partial charge in [0.2, 0.25) is 5.91 Å². The van der Waals surface area contributed by atoms with E-state index in [0.717, 1.165) is 69.8 Å². The summed E-state index contributed by atoms with van der Waals surface area (Å²) < 4.78 is 5.84. The van der Waals surface area contributed by atoms with Crippen LogP contribution in [0.4, 0.5) is 5.69 Å². The number of hydrogen-bond donors (Lipinski definition) is 2. The van der Waals surface area contributed by atoms with Crippen molar-refractivity contribution in [2.75, 3.05) is 51.7 Å². The summed E-state index contributed by atoms with van der Waals surface area (Å²) in [6.07, 6.45) is 3.80. The van der Waals surface area contributed by atoms with Gasteiger partial charge in [-0.25, -0.2) is 0 Å². The molecule has 26 heavy (non-hydrogen) atoms. The Hall–Kier alpha value is -1.63. The molecule has 1 heterocycles. The number of nitrogens with zero attached hydrogens (tertiary/aromatic N) is 2. The Morgan fingerprint density at radius 3 is 2.62 bits per heavy atom. The zero-order valence-electron chi connectivity index (χ0n) is 15.8. The highest BCUT2D eigenvalue weighted by molar-refractivity contribution is 5.92. The Morgan fingerprint density at radius 1 is 1.19 bits per heavy atom. The number of likely N-dealkylation sites (N-methyl/N-ethyl adjacent to an activating group) is 1. The molecule has 3 rings (SSSR count). The molecule has 1 aromatic carbocycles. The number of piperazine rings is 1. The number of benzene rings is 1. The summed E-state index contributed by atoms with van der Waals surface area (Å²) in [6.45, 7) is 6.11. The van der Waals surface area contributed by atoms with Crippen molar-refractivity contribution < 1.29 is 9.53 Å². The normalized spacial score (nSPS) is 25.0. The van der Waals surface area contributed by atoms with Gasteiger partial charge in [-0.15, -0.1) is 0 Å². The fraction of sp³-hybridized carbons (Fsp3) is 0.650. The minimum atomic E-state index is 0.0401. The molecule has 1 saturated carbocycles. The molecule has 2 aliphatic rings. The van der Waals surface area contributed by atoms with Crippen LogP contribution in [-0.2, 0) is 4.79 Å². The molecular weight excluding hydrogens is 328 g/mol. The summed E-state index contributed by atoms with van der Waals surface area (Å²) in [7, 11) is 2.16. The van der Waals surface area contributed by atoms with Crippen molar-refractivity contribution in [1.29, 1.82) is 0 Å². The van der Waals surface area contributed by atoms with E-state index in [1.165, 1.54) is 0 Å². The average Bonchev–Trinajstić information content (AvgIpc) is 2.65. The first-order chi connectivity index (χ1) is 12.6. The highest BCUT2D eigenvalue weighted by atomic mass is 16.5. The molecule has 144 valence electrons. The monoisotopic (exact) mass is 360 g/mol. The van der Waals surface area contributed by atoms with E-state index in [4.69, 9.17) is 10.5 Å². The van der Waals surface area contributed by atoms with E-state index >= 15 is 0 Å². The minimum Gasteiger partial charge on any atom is -0.492 e. The third-order valence-corrected chi connectivity index (χ3v) is 5.48. The molecule has 0 spiro atoms. The van der Waals surface area contributed by atoms with Crippen LogP contribution in [0.2, 0.25) is 0 Å². The molecule has 2 atom stereocenters. The van der Waals surface area contributed by atoms with E-state index in [9.17, 15) is 4.79 Å². The zero-order valence-corrected chi connectivity index (χ0v) is 15.8. The fourth-order valence-electron chi connectivity index (χ4n) is 3.71. The first kappa shape index (κ1) is 19.1. The number of ether oxygens (including phenoxy) is 1. The molecule has 0 aromatic heterocycles. The van der Waals surface area contributed by atoms with Crippen molar-refractivity contribution in [3.05, 3.63) is 24.3 Å². The van der Waals surface area contributed by atoms with Gasteiger partial charge in [-0.05, 0) is 50.6 Å². The smallest absolute Gasteiger partial charge is 0.227 e. The lowest BCUT2D eigenvalue weighted by molar-refractivity contribution is -0.120. The highest BCUT2D eigenvalue weighted by Crippen LogP contribution is 2.25. The Morgan fingerprint density at radius 2 is 1.92 bits per heavy atom. The molecule has 6 nitrogen and oxygen atoms in total. The molecule has 2 fully saturated rings. The number of hydrogen-bond acceptors (Lipinski definition) is 5. The predicted molar refractivity (Wildman–Crippen MR) is 104 cm³/mol. The van der Waals surface area contributed by atoms with E-state index < -0.39 is 0 Å². The SMILES string of the molecule is CN1CCN(CCOc2ccc(NC(=O)C3CCCC(N)C3)cc2)CC1. The van der Waals surface area contributed by atoms with Crippen molar-refractivity contribution in [3.8, 4) is 5.75 Å². The summed E-state index contributed by atoms with van der Waals surface area (Å²) in [5.74, 6) is 0.971. The van der Waals surface area contributed by atoms with Gasteiger partial charge in [0.15, 0.2) is 0 Å². The second-order valence-corrected chi connectivity index (χ2v) is 7.63. The van der Waals surface area contributed by atoms with E-state index in [2.05, 4.69) is 22.2 Å². The first-order valence-electron chi connectivity index (χ1n) is 9.80. The summed E-state index contributed by atoms with van der Waals surface area (Å²) in [4.78, 5) is 17.1. The zero-order chi connectivity index (χ0) is 18.4. The molecule has 1 aliphatic heterocycles. The van der Waals surface area contributed by atoms with Gasteiger partial charge in [0.1, 0.15) is 12.4 Å².